The summed E-state index contributed by atoms with van der Waals surface area (Å²) in [6.45, 7) is 11.2. The fourth-order valence-electron chi connectivity index (χ4n) is 4.62. The number of rotatable bonds is 11. The number of likely N-dealkylation sites (tertiary alicyclic amines) is 1. The predicted octanol–water partition coefficient (Wildman–Crippen LogP) is 4.26. The lowest BCUT2D eigenvalue weighted by Gasteiger charge is -2.31. The fourth-order valence-corrected chi connectivity index (χ4v) is 4.62. The van der Waals surface area contributed by atoms with Gasteiger partial charge in [-0.05, 0) is 54.3 Å². The van der Waals surface area contributed by atoms with Gasteiger partial charge in [-0.2, -0.15) is 0 Å². The van der Waals surface area contributed by atoms with Gasteiger partial charge in [-0.3, -0.25) is 14.5 Å². The van der Waals surface area contributed by atoms with Crippen LogP contribution in [0.1, 0.15) is 44.4 Å². The average Bonchev–Trinajstić information content (AvgIpc) is 3.19. The summed E-state index contributed by atoms with van der Waals surface area (Å²) in [5.41, 5.74) is 1.30. The largest absolute Gasteiger partial charge is 0.507 e. The van der Waals surface area contributed by atoms with Crippen LogP contribution in [0.3, 0.4) is 0 Å². The molecule has 2 aliphatic heterocycles. The van der Waals surface area contributed by atoms with E-state index in [0.717, 1.165) is 30.8 Å². The molecule has 2 fully saturated rings. The van der Waals surface area contributed by atoms with Crippen LogP contribution < -0.4 is 9.47 Å². The minimum Gasteiger partial charge on any atom is -0.507 e. The number of carbonyl (C=O) groups is 2. The number of nitrogens with zero attached hydrogens (tertiary/aromatic N) is 2. The molecule has 2 heterocycles. The van der Waals surface area contributed by atoms with Crippen LogP contribution in [0.15, 0.2) is 54.1 Å². The molecule has 0 saturated carbocycles. The maximum absolute atomic E-state index is 13.3. The lowest BCUT2D eigenvalue weighted by Crippen LogP contribution is -2.42. The Labute approximate surface area is 224 Å². The molecule has 0 radical (unpaired) electrons. The molecule has 8 heteroatoms. The van der Waals surface area contributed by atoms with Gasteiger partial charge >= 0.3 is 0 Å². The zero-order valence-electron chi connectivity index (χ0n) is 22.5. The van der Waals surface area contributed by atoms with Crippen LogP contribution in [0.5, 0.6) is 11.5 Å². The van der Waals surface area contributed by atoms with E-state index >= 15 is 0 Å². The van der Waals surface area contributed by atoms with Crippen molar-refractivity contribution >= 4 is 17.4 Å². The molecule has 1 atom stereocenters. The van der Waals surface area contributed by atoms with Crippen molar-refractivity contribution in [3.8, 4) is 11.5 Å². The van der Waals surface area contributed by atoms with Crippen LogP contribution >= 0.6 is 0 Å². The van der Waals surface area contributed by atoms with Crippen LogP contribution in [0.4, 0.5) is 0 Å². The zero-order chi connectivity index (χ0) is 27.1. The van der Waals surface area contributed by atoms with Gasteiger partial charge in [-0.15, -0.1) is 0 Å². The van der Waals surface area contributed by atoms with Gasteiger partial charge in [0.1, 0.15) is 17.3 Å². The van der Waals surface area contributed by atoms with E-state index in [1.54, 1.807) is 29.2 Å². The van der Waals surface area contributed by atoms with Gasteiger partial charge in [0.25, 0.3) is 11.7 Å². The number of hydrogen-bond donors (Lipinski definition) is 1. The molecule has 0 spiro atoms. The second-order valence-electron chi connectivity index (χ2n) is 10.1. The summed E-state index contributed by atoms with van der Waals surface area (Å²) in [4.78, 5) is 30.4. The summed E-state index contributed by atoms with van der Waals surface area (Å²) in [7, 11) is 0. The Balaban J connectivity index is 1.65. The maximum Gasteiger partial charge on any atom is 0.295 e. The summed E-state index contributed by atoms with van der Waals surface area (Å²) in [6, 6.07) is 13.7. The molecular formula is C30H38N2O6. The summed E-state index contributed by atoms with van der Waals surface area (Å²) >= 11 is 0. The highest BCUT2D eigenvalue weighted by Gasteiger charge is 2.46. The molecule has 1 amide bonds. The number of aliphatic hydroxyl groups excluding tert-OH is 1. The Morgan fingerprint density at radius 1 is 0.974 bits per heavy atom. The Kier molecular flexibility index (Phi) is 9.42. The predicted molar refractivity (Wildman–Crippen MR) is 145 cm³/mol. The molecule has 2 saturated heterocycles. The van der Waals surface area contributed by atoms with Crippen molar-refractivity contribution in [1.82, 2.24) is 9.80 Å². The normalized spacial score (nSPS) is 19.8. The molecule has 8 nitrogen and oxygen atoms in total. The lowest BCUT2D eigenvalue weighted by atomic mass is 9.95. The Morgan fingerprint density at radius 3 is 2.24 bits per heavy atom. The first kappa shape index (κ1) is 27.7. The van der Waals surface area contributed by atoms with Crippen LogP contribution in [0.2, 0.25) is 0 Å². The number of Topliss-reactive ketones (excluding diaryl/α,β-unsaturated/α-hetero) is 1. The van der Waals surface area contributed by atoms with E-state index in [0.29, 0.717) is 56.7 Å². The molecule has 1 unspecified atom stereocenters. The highest BCUT2D eigenvalue weighted by Crippen LogP contribution is 2.40. The van der Waals surface area contributed by atoms with Crippen molar-refractivity contribution in [2.45, 2.75) is 33.2 Å². The minimum atomic E-state index is -0.701. The van der Waals surface area contributed by atoms with Crippen molar-refractivity contribution in [3.05, 3.63) is 65.2 Å². The fraction of sp³-hybridized carbons (Fsp3) is 0.467. The van der Waals surface area contributed by atoms with Crippen LogP contribution in [-0.4, -0.2) is 79.2 Å². The van der Waals surface area contributed by atoms with Crippen LogP contribution in [0, 0.1) is 5.92 Å². The first-order valence-corrected chi connectivity index (χ1v) is 13.4. The molecule has 0 aromatic heterocycles. The molecular weight excluding hydrogens is 484 g/mol. The number of benzene rings is 2. The summed E-state index contributed by atoms with van der Waals surface area (Å²) < 4.78 is 16.9. The quantitative estimate of drug-likeness (QED) is 0.268. The van der Waals surface area contributed by atoms with Gasteiger partial charge in [0.05, 0.1) is 38.0 Å². The minimum absolute atomic E-state index is 0.0926. The van der Waals surface area contributed by atoms with E-state index < -0.39 is 17.7 Å². The number of carbonyl (C=O) groups excluding carboxylic acids is 2. The second-order valence-corrected chi connectivity index (χ2v) is 10.1. The van der Waals surface area contributed by atoms with E-state index in [2.05, 4.69) is 18.7 Å². The Morgan fingerprint density at radius 2 is 1.61 bits per heavy atom. The molecule has 0 aliphatic carbocycles. The summed E-state index contributed by atoms with van der Waals surface area (Å²) in [5.74, 6) is 0.312. The second kappa shape index (κ2) is 12.9. The van der Waals surface area contributed by atoms with Crippen LogP contribution in [0.25, 0.3) is 5.76 Å². The third-order valence-electron chi connectivity index (χ3n) is 6.68. The van der Waals surface area contributed by atoms with Gasteiger partial charge in [0.2, 0.25) is 0 Å². The van der Waals surface area contributed by atoms with Crippen LogP contribution in [-0.2, 0) is 14.3 Å². The Bertz CT molecular complexity index is 1120. The molecule has 0 bridgehead atoms. The molecule has 38 heavy (non-hydrogen) atoms. The number of morpholine rings is 1. The number of ketones is 1. The van der Waals surface area contributed by atoms with Crippen molar-refractivity contribution in [2.24, 2.45) is 5.92 Å². The first-order chi connectivity index (χ1) is 18.4. The van der Waals surface area contributed by atoms with Gasteiger partial charge in [0.15, 0.2) is 0 Å². The maximum atomic E-state index is 13.3. The van der Waals surface area contributed by atoms with Gasteiger partial charge in [-0.1, -0.05) is 32.9 Å². The molecule has 2 aromatic carbocycles. The summed E-state index contributed by atoms with van der Waals surface area (Å²) in [5, 5.41) is 11.3. The standard InChI is InChI=1S/C30H38N2O6/c1-4-17-37-24-9-5-22(6-10-24)27-26(28(33)23-7-11-25(12-8-23)38-20-21(2)3)29(34)30(35)32(27)14-13-31-15-18-36-19-16-31/h5-12,21,27,33H,4,13-20H2,1-3H3. The van der Waals surface area contributed by atoms with Gasteiger partial charge in [0, 0.05) is 31.7 Å². The van der Waals surface area contributed by atoms with E-state index in [9.17, 15) is 14.7 Å². The summed E-state index contributed by atoms with van der Waals surface area (Å²) in [6.07, 6.45) is 0.894. The smallest absolute Gasteiger partial charge is 0.295 e. The zero-order valence-corrected chi connectivity index (χ0v) is 22.5. The number of amides is 1. The van der Waals surface area contributed by atoms with Gasteiger partial charge < -0.3 is 24.2 Å². The molecule has 1 N–H and O–H groups in total. The van der Waals surface area contributed by atoms with E-state index in [-0.39, 0.29) is 11.3 Å². The first-order valence-electron chi connectivity index (χ1n) is 13.4. The molecule has 4 rings (SSSR count). The van der Waals surface area contributed by atoms with E-state index in [4.69, 9.17) is 14.2 Å². The van der Waals surface area contributed by atoms with Crippen molar-refractivity contribution in [1.29, 1.82) is 0 Å². The molecule has 204 valence electrons. The highest BCUT2D eigenvalue weighted by molar-refractivity contribution is 6.46. The monoisotopic (exact) mass is 522 g/mol. The highest BCUT2D eigenvalue weighted by atomic mass is 16.5. The number of hydrogen-bond acceptors (Lipinski definition) is 7. The Hall–Kier alpha value is -3.36. The average molecular weight is 523 g/mol. The van der Waals surface area contributed by atoms with Crippen molar-refractivity contribution < 1.29 is 28.9 Å². The SMILES string of the molecule is CCCOc1ccc(C2C(=C(O)c3ccc(OCC(C)C)cc3)C(=O)C(=O)N2CCN2CCOCC2)cc1. The number of aliphatic hydroxyl groups is 1. The van der Waals surface area contributed by atoms with Crippen molar-refractivity contribution in [3.63, 3.8) is 0 Å². The number of ether oxygens (including phenoxy) is 3. The van der Waals surface area contributed by atoms with E-state index in [1.807, 2.05) is 31.2 Å². The topological polar surface area (TPSA) is 88.5 Å². The molecule has 2 aliphatic rings. The van der Waals surface area contributed by atoms with E-state index in [1.165, 1.54) is 0 Å². The molecule has 2 aromatic rings. The lowest BCUT2D eigenvalue weighted by molar-refractivity contribution is -0.140. The third-order valence-corrected chi connectivity index (χ3v) is 6.68. The third kappa shape index (κ3) is 6.55. The van der Waals surface area contributed by atoms with Crippen molar-refractivity contribution in [2.75, 3.05) is 52.6 Å². The van der Waals surface area contributed by atoms with Gasteiger partial charge in [-0.25, -0.2) is 0 Å².